The first-order chi connectivity index (χ1) is 10.2. The lowest BCUT2D eigenvalue weighted by atomic mass is 10.2. The zero-order valence-electron chi connectivity index (χ0n) is 12.6. The van der Waals surface area contributed by atoms with E-state index in [1.807, 2.05) is 11.8 Å². The largest absolute Gasteiger partial charge is 0.369 e. The van der Waals surface area contributed by atoms with E-state index in [0.717, 1.165) is 24.6 Å². The molecule has 3 nitrogen and oxygen atoms in total. The molecule has 2 atom stereocenters. The van der Waals surface area contributed by atoms with E-state index in [1.54, 1.807) is 0 Å². The Hall–Kier alpha value is 0.310. The predicted molar refractivity (Wildman–Crippen MR) is 103 cm³/mol. The highest BCUT2D eigenvalue weighted by atomic mass is 127. The molecule has 0 bridgehead atoms. The van der Waals surface area contributed by atoms with Gasteiger partial charge in [-0.15, -0.1) is 11.8 Å². The molecular weight excluding hydrogens is 413 g/mol. The number of nitrogens with one attached hydrogen (secondary N) is 1. The molecule has 3 rings (SSSR count). The van der Waals surface area contributed by atoms with Gasteiger partial charge in [0.2, 0.25) is 0 Å². The van der Waals surface area contributed by atoms with Crippen LogP contribution in [0.25, 0.3) is 0 Å². The Bertz CT molecular complexity index is 508. The molecule has 2 unspecified atom stereocenters. The number of nitrogens with zero attached hydrogens (tertiary/aromatic N) is 2. The number of anilines is 1. The second kappa shape index (κ2) is 7.25. The van der Waals surface area contributed by atoms with Crippen molar-refractivity contribution in [2.45, 2.75) is 49.5 Å². The van der Waals surface area contributed by atoms with Crippen LogP contribution in [0.5, 0.6) is 0 Å². The Labute approximate surface area is 149 Å². The maximum Gasteiger partial charge on any atom is 0.145 e. The molecule has 1 N–H and O–H groups in total. The van der Waals surface area contributed by atoms with Gasteiger partial charge in [0, 0.05) is 29.2 Å². The molecule has 2 fully saturated rings. The molecule has 1 saturated carbocycles. The highest BCUT2D eigenvalue weighted by Gasteiger charge is 2.32. The first kappa shape index (κ1) is 16.2. The molecular formula is C15H22IN3S2. The summed E-state index contributed by atoms with van der Waals surface area (Å²) in [5, 5.41) is 4.56. The van der Waals surface area contributed by atoms with Crippen molar-refractivity contribution < 1.29 is 0 Å². The van der Waals surface area contributed by atoms with E-state index in [-0.39, 0.29) is 0 Å². The molecule has 0 radical (unpaired) electrons. The van der Waals surface area contributed by atoms with Crippen LogP contribution in [0.1, 0.15) is 55.8 Å². The lowest BCUT2D eigenvalue weighted by Crippen LogP contribution is -2.20. The molecule has 0 aromatic carbocycles. The van der Waals surface area contributed by atoms with Gasteiger partial charge in [-0.05, 0) is 41.9 Å². The third kappa shape index (κ3) is 3.80. The molecule has 0 spiro atoms. The fourth-order valence-electron chi connectivity index (χ4n) is 2.51. The second-order valence-electron chi connectivity index (χ2n) is 5.70. The van der Waals surface area contributed by atoms with E-state index in [9.17, 15) is 0 Å². The van der Waals surface area contributed by atoms with Crippen LogP contribution in [0, 0.1) is 3.57 Å². The van der Waals surface area contributed by atoms with Crippen LogP contribution in [0.4, 0.5) is 5.82 Å². The van der Waals surface area contributed by atoms with Crippen LogP contribution in [0.2, 0.25) is 0 Å². The molecule has 1 saturated heterocycles. The summed E-state index contributed by atoms with van der Waals surface area (Å²) in [7, 11) is 0. The van der Waals surface area contributed by atoms with E-state index < -0.39 is 0 Å². The fraction of sp³-hybridized carbons (Fsp3) is 0.733. The highest BCUT2D eigenvalue weighted by Crippen LogP contribution is 2.45. The van der Waals surface area contributed by atoms with Crippen molar-refractivity contribution in [3.8, 4) is 0 Å². The third-order valence-electron chi connectivity index (χ3n) is 3.84. The third-order valence-corrected chi connectivity index (χ3v) is 7.99. The molecule has 0 amide bonds. The Balaban J connectivity index is 1.93. The van der Waals surface area contributed by atoms with Gasteiger partial charge in [-0.25, -0.2) is 9.97 Å². The molecule has 116 valence electrons. The average Bonchev–Trinajstić information content (AvgIpc) is 3.31. The van der Waals surface area contributed by atoms with Crippen LogP contribution >= 0.6 is 46.1 Å². The monoisotopic (exact) mass is 435 g/mol. The summed E-state index contributed by atoms with van der Waals surface area (Å²) >= 11 is 6.51. The van der Waals surface area contributed by atoms with E-state index in [1.165, 1.54) is 33.6 Å². The Morgan fingerprint density at radius 2 is 2.00 bits per heavy atom. The van der Waals surface area contributed by atoms with Gasteiger partial charge in [0.15, 0.2) is 0 Å². The zero-order valence-corrected chi connectivity index (χ0v) is 16.4. The van der Waals surface area contributed by atoms with Crippen LogP contribution in [0.3, 0.4) is 0 Å². The smallest absolute Gasteiger partial charge is 0.145 e. The molecule has 2 heterocycles. The summed E-state index contributed by atoms with van der Waals surface area (Å²) in [4.78, 5) is 9.88. The number of aromatic nitrogens is 2. The Morgan fingerprint density at radius 3 is 2.67 bits per heavy atom. The van der Waals surface area contributed by atoms with Crippen molar-refractivity contribution in [1.82, 2.24) is 9.97 Å². The van der Waals surface area contributed by atoms with Crippen molar-refractivity contribution in [2.24, 2.45) is 0 Å². The van der Waals surface area contributed by atoms with Gasteiger partial charge >= 0.3 is 0 Å². The normalized spacial score (nSPS) is 25.9. The van der Waals surface area contributed by atoms with Gasteiger partial charge in [0.25, 0.3) is 0 Å². The molecule has 21 heavy (non-hydrogen) atoms. The second-order valence-corrected chi connectivity index (χ2v) is 9.51. The zero-order chi connectivity index (χ0) is 14.8. The predicted octanol–water partition coefficient (Wildman–Crippen LogP) is 4.69. The van der Waals surface area contributed by atoms with Crippen molar-refractivity contribution in [3.63, 3.8) is 0 Å². The minimum Gasteiger partial charge on any atom is -0.369 e. The van der Waals surface area contributed by atoms with Gasteiger partial charge in [-0.1, -0.05) is 13.8 Å². The number of hydrogen-bond donors (Lipinski definition) is 1. The van der Waals surface area contributed by atoms with Gasteiger partial charge in [-0.3, -0.25) is 0 Å². The molecule has 2 aliphatic rings. The highest BCUT2D eigenvalue weighted by molar-refractivity contribution is 14.1. The summed E-state index contributed by atoms with van der Waals surface area (Å²) < 4.78 is 1.24. The topological polar surface area (TPSA) is 37.8 Å². The summed E-state index contributed by atoms with van der Waals surface area (Å²) in [6.07, 6.45) is 3.71. The van der Waals surface area contributed by atoms with E-state index in [0.29, 0.717) is 16.4 Å². The average molecular weight is 435 g/mol. The molecule has 1 aromatic rings. The van der Waals surface area contributed by atoms with E-state index in [2.05, 4.69) is 53.5 Å². The van der Waals surface area contributed by atoms with Crippen molar-refractivity contribution in [2.75, 3.05) is 23.4 Å². The van der Waals surface area contributed by atoms with Gasteiger partial charge in [0.05, 0.1) is 14.5 Å². The summed E-state index contributed by atoms with van der Waals surface area (Å²) in [6, 6.07) is 0. The molecule has 1 aliphatic carbocycles. The minimum absolute atomic E-state index is 0.445. The van der Waals surface area contributed by atoms with Crippen LogP contribution in [-0.4, -0.2) is 33.3 Å². The van der Waals surface area contributed by atoms with E-state index in [4.69, 9.17) is 9.97 Å². The molecule has 1 aromatic heterocycles. The number of rotatable bonds is 5. The Kier molecular flexibility index (Phi) is 5.59. The number of hydrogen-bond acceptors (Lipinski definition) is 5. The van der Waals surface area contributed by atoms with Crippen LogP contribution in [0.15, 0.2) is 0 Å². The lowest BCUT2D eigenvalue weighted by molar-refractivity contribution is 0.796. The summed E-state index contributed by atoms with van der Waals surface area (Å²) in [6.45, 7) is 5.50. The maximum atomic E-state index is 4.98. The van der Waals surface area contributed by atoms with Gasteiger partial charge < -0.3 is 5.32 Å². The van der Waals surface area contributed by atoms with Crippen LogP contribution < -0.4 is 5.32 Å². The van der Waals surface area contributed by atoms with Crippen LogP contribution in [-0.2, 0) is 0 Å². The summed E-state index contributed by atoms with van der Waals surface area (Å²) in [5.41, 5.74) is 1.29. The van der Waals surface area contributed by atoms with Crippen molar-refractivity contribution in [3.05, 3.63) is 15.1 Å². The first-order valence-electron chi connectivity index (χ1n) is 7.75. The van der Waals surface area contributed by atoms with Gasteiger partial charge in [-0.2, -0.15) is 11.8 Å². The minimum atomic E-state index is 0.445. The first-order valence-corrected chi connectivity index (χ1v) is 10.9. The molecule has 6 heteroatoms. The van der Waals surface area contributed by atoms with Crippen molar-refractivity contribution in [1.29, 1.82) is 0 Å². The molecule has 1 aliphatic heterocycles. The van der Waals surface area contributed by atoms with Crippen molar-refractivity contribution >= 4 is 51.9 Å². The quantitative estimate of drug-likeness (QED) is 0.680. The van der Waals surface area contributed by atoms with E-state index >= 15 is 0 Å². The summed E-state index contributed by atoms with van der Waals surface area (Å²) in [5.74, 6) is 5.26. The lowest BCUT2D eigenvalue weighted by Gasteiger charge is -2.27. The fourth-order valence-corrected chi connectivity index (χ4v) is 6.08. The number of thioether (sulfide) groups is 2. The number of halogens is 1. The SMILES string of the molecule is CCCNc1nc(C2SCCSC2C)nc(C2CC2)c1I. The Morgan fingerprint density at radius 1 is 1.24 bits per heavy atom. The maximum absolute atomic E-state index is 4.98. The van der Waals surface area contributed by atoms with Gasteiger partial charge in [0.1, 0.15) is 11.6 Å². The standard InChI is InChI=1S/C15H22IN3S2/c1-3-6-17-14-11(16)12(10-4-5-10)18-15(19-14)13-9(2)20-7-8-21-13/h9-10,13H,3-8H2,1-2H3,(H,17,18,19).